The maximum absolute atomic E-state index is 6.00. The topological polar surface area (TPSA) is 51.2 Å². The molecule has 18 heavy (non-hydrogen) atoms. The van der Waals surface area contributed by atoms with Crippen molar-refractivity contribution < 1.29 is 4.42 Å². The monoisotopic (exact) mass is 284 g/mol. The Hall–Kier alpha value is -1.00. The van der Waals surface area contributed by atoms with Crippen LogP contribution in [0, 0.1) is 0 Å². The van der Waals surface area contributed by atoms with Crippen molar-refractivity contribution in [3.63, 3.8) is 0 Å². The molecule has 1 atom stereocenters. The van der Waals surface area contributed by atoms with Crippen LogP contribution in [-0.2, 0) is 6.42 Å². The number of rotatable bonds is 4. The first-order valence-electron chi connectivity index (χ1n) is 5.65. The largest absolute Gasteiger partial charge is 0.464 e. The van der Waals surface area contributed by atoms with Crippen LogP contribution < -0.4 is 11.3 Å². The molecular formula is C13H14Cl2N2O. The molecule has 0 saturated carbocycles. The fraction of sp³-hybridized carbons (Fsp3) is 0.231. The second kappa shape index (κ2) is 5.76. The molecule has 0 aliphatic rings. The van der Waals surface area contributed by atoms with Crippen molar-refractivity contribution in [2.75, 3.05) is 0 Å². The molecule has 3 nitrogen and oxygen atoms in total. The van der Waals surface area contributed by atoms with Crippen molar-refractivity contribution in [2.45, 2.75) is 19.4 Å². The molecule has 5 heteroatoms. The zero-order chi connectivity index (χ0) is 13.1. The first-order chi connectivity index (χ1) is 8.65. The first-order valence-corrected chi connectivity index (χ1v) is 6.41. The Balaban J connectivity index is 2.35. The molecule has 2 rings (SSSR count). The Morgan fingerprint density at radius 1 is 1.22 bits per heavy atom. The van der Waals surface area contributed by atoms with Gasteiger partial charge in [0.1, 0.15) is 17.6 Å². The van der Waals surface area contributed by atoms with Gasteiger partial charge in [0.25, 0.3) is 0 Å². The Bertz CT molecular complexity index is 540. The first kappa shape index (κ1) is 13.4. The van der Waals surface area contributed by atoms with Gasteiger partial charge in [-0.25, -0.2) is 5.43 Å². The SMILES string of the molecule is CCc1ccc(C(NN)c2ccc(Cl)c(Cl)c2)o1. The third-order valence-electron chi connectivity index (χ3n) is 2.76. The van der Waals surface area contributed by atoms with Crippen molar-refractivity contribution in [3.8, 4) is 0 Å². The maximum Gasteiger partial charge on any atom is 0.126 e. The average Bonchev–Trinajstić information content (AvgIpc) is 2.83. The molecule has 0 aliphatic carbocycles. The minimum Gasteiger partial charge on any atom is -0.464 e. The molecule has 1 aromatic heterocycles. The molecule has 0 radical (unpaired) electrons. The summed E-state index contributed by atoms with van der Waals surface area (Å²) in [4.78, 5) is 0. The van der Waals surface area contributed by atoms with E-state index in [0.29, 0.717) is 10.0 Å². The molecule has 0 spiro atoms. The maximum atomic E-state index is 6.00. The van der Waals surface area contributed by atoms with Crippen molar-refractivity contribution in [1.82, 2.24) is 5.43 Å². The van der Waals surface area contributed by atoms with Crippen LogP contribution in [-0.4, -0.2) is 0 Å². The van der Waals surface area contributed by atoms with E-state index in [1.165, 1.54) is 0 Å². The van der Waals surface area contributed by atoms with Crippen LogP contribution in [0.15, 0.2) is 34.7 Å². The Labute approximate surface area is 116 Å². The van der Waals surface area contributed by atoms with Crippen molar-refractivity contribution >= 4 is 23.2 Å². The van der Waals surface area contributed by atoms with E-state index in [-0.39, 0.29) is 6.04 Å². The fourth-order valence-electron chi connectivity index (χ4n) is 1.77. The molecule has 0 fully saturated rings. The van der Waals surface area contributed by atoms with Gasteiger partial charge in [-0.3, -0.25) is 5.84 Å². The minimum atomic E-state index is -0.236. The Morgan fingerprint density at radius 3 is 2.56 bits per heavy atom. The van der Waals surface area contributed by atoms with Gasteiger partial charge in [0.05, 0.1) is 10.0 Å². The summed E-state index contributed by atoms with van der Waals surface area (Å²) < 4.78 is 5.69. The van der Waals surface area contributed by atoms with Gasteiger partial charge in [-0.2, -0.15) is 0 Å². The lowest BCUT2D eigenvalue weighted by Crippen LogP contribution is -2.28. The highest BCUT2D eigenvalue weighted by Crippen LogP contribution is 2.29. The Morgan fingerprint density at radius 2 is 2.00 bits per heavy atom. The fourth-order valence-corrected chi connectivity index (χ4v) is 2.08. The number of hydrogen-bond donors (Lipinski definition) is 2. The summed E-state index contributed by atoms with van der Waals surface area (Å²) in [5, 5.41) is 1.02. The van der Waals surface area contributed by atoms with Crippen LogP contribution in [0.4, 0.5) is 0 Å². The number of nitrogens with two attached hydrogens (primary N) is 1. The summed E-state index contributed by atoms with van der Waals surface area (Å²) in [5.41, 5.74) is 3.63. The number of aryl methyl sites for hydroxylation is 1. The summed E-state index contributed by atoms with van der Waals surface area (Å²) >= 11 is 11.9. The molecular weight excluding hydrogens is 271 g/mol. The zero-order valence-electron chi connectivity index (χ0n) is 9.91. The lowest BCUT2D eigenvalue weighted by molar-refractivity contribution is 0.425. The molecule has 1 aromatic carbocycles. The molecule has 0 saturated heterocycles. The zero-order valence-corrected chi connectivity index (χ0v) is 11.4. The molecule has 2 aromatic rings. The van der Waals surface area contributed by atoms with E-state index >= 15 is 0 Å². The molecule has 3 N–H and O–H groups in total. The number of nitrogens with one attached hydrogen (secondary N) is 1. The van der Waals surface area contributed by atoms with Gasteiger partial charge in [0.2, 0.25) is 0 Å². The van der Waals surface area contributed by atoms with Crippen LogP contribution in [0.5, 0.6) is 0 Å². The number of hydrazine groups is 1. The van der Waals surface area contributed by atoms with E-state index in [1.807, 2.05) is 25.1 Å². The van der Waals surface area contributed by atoms with Crippen LogP contribution >= 0.6 is 23.2 Å². The highest BCUT2D eigenvalue weighted by molar-refractivity contribution is 6.42. The minimum absolute atomic E-state index is 0.236. The van der Waals surface area contributed by atoms with E-state index in [1.54, 1.807) is 12.1 Å². The van der Waals surface area contributed by atoms with Crippen molar-refractivity contribution in [3.05, 3.63) is 57.5 Å². The van der Waals surface area contributed by atoms with Crippen LogP contribution in [0.1, 0.15) is 30.0 Å². The molecule has 0 amide bonds. The van der Waals surface area contributed by atoms with E-state index in [0.717, 1.165) is 23.5 Å². The van der Waals surface area contributed by atoms with Gasteiger partial charge < -0.3 is 4.42 Å². The summed E-state index contributed by atoms with van der Waals surface area (Å²) in [6.45, 7) is 2.03. The lowest BCUT2D eigenvalue weighted by Gasteiger charge is -2.14. The van der Waals surface area contributed by atoms with Crippen LogP contribution in [0.2, 0.25) is 10.0 Å². The van der Waals surface area contributed by atoms with E-state index < -0.39 is 0 Å². The van der Waals surface area contributed by atoms with Gasteiger partial charge in [0, 0.05) is 6.42 Å². The van der Waals surface area contributed by atoms with Gasteiger partial charge in [-0.1, -0.05) is 36.2 Å². The van der Waals surface area contributed by atoms with E-state index in [2.05, 4.69) is 5.43 Å². The van der Waals surface area contributed by atoms with Crippen LogP contribution in [0.3, 0.4) is 0 Å². The normalized spacial score (nSPS) is 12.7. The summed E-state index contributed by atoms with van der Waals surface area (Å²) in [5.74, 6) is 7.27. The second-order valence-corrected chi connectivity index (χ2v) is 4.75. The quantitative estimate of drug-likeness (QED) is 0.665. The van der Waals surface area contributed by atoms with Gasteiger partial charge in [-0.05, 0) is 29.8 Å². The van der Waals surface area contributed by atoms with Crippen molar-refractivity contribution in [1.29, 1.82) is 0 Å². The lowest BCUT2D eigenvalue weighted by atomic mass is 10.1. The van der Waals surface area contributed by atoms with E-state index in [9.17, 15) is 0 Å². The van der Waals surface area contributed by atoms with Crippen molar-refractivity contribution in [2.24, 2.45) is 5.84 Å². The molecule has 1 heterocycles. The van der Waals surface area contributed by atoms with E-state index in [4.69, 9.17) is 33.5 Å². The van der Waals surface area contributed by atoms with Crippen LogP contribution in [0.25, 0.3) is 0 Å². The Kier molecular flexibility index (Phi) is 4.30. The summed E-state index contributed by atoms with van der Waals surface area (Å²) in [7, 11) is 0. The third kappa shape index (κ3) is 2.70. The predicted octanol–water partition coefficient (Wildman–Crippen LogP) is 3.70. The highest BCUT2D eigenvalue weighted by atomic mass is 35.5. The highest BCUT2D eigenvalue weighted by Gasteiger charge is 2.17. The number of furan rings is 1. The standard InChI is InChI=1S/C13H14Cl2N2O/c1-2-9-4-6-12(18-9)13(17-16)8-3-5-10(14)11(15)7-8/h3-7,13,17H,2,16H2,1H3. The molecule has 0 bridgehead atoms. The summed E-state index contributed by atoms with van der Waals surface area (Å²) in [6.07, 6.45) is 0.846. The smallest absolute Gasteiger partial charge is 0.126 e. The van der Waals surface area contributed by atoms with Gasteiger partial charge in [-0.15, -0.1) is 0 Å². The predicted molar refractivity (Wildman–Crippen MR) is 73.7 cm³/mol. The molecule has 0 aliphatic heterocycles. The number of benzene rings is 1. The summed E-state index contributed by atoms with van der Waals surface area (Å²) in [6, 6.07) is 9.01. The molecule has 1 unspecified atom stereocenters. The second-order valence-electron chi connectivity index (χ2n) is 3.93. The average molecular weight is 285 g/mol. The van der Waals surface area contributed by atoms with Gasteiger partial charge in [0.15, 0.2) is 0 Å². The number of halogens is 2. The molecule has 96 valence electrons. The third-order valence-corrected chi connectivity index (χ3v) is 3.50. The van der Waals surface area contributed by atoms with Gasteiger partial charge >= 0.3 is 0 Å². The number of hydrogen-bond acceptors (Lipinski definition) is 3.